The number of rotatable bonds is 4. The van der Waals surface area contributed by atoms with E-state index in [1.54, 1.807) is 32.4 Å². The largest absolute Gasteiger partial charge is 0.497 e. The predicted octanol–water partition coefficient (Wildman–Crippen LogP) is 3.65. The second-order valence-corrected chi connectivity index (χ2v) is 10.4. The summed E-state index contributed by atoms with van der Waals surface area (Å²) in [6.07, 6.45) is 2.17. The summed E-state index contributed by atoms with van der Waals surface area (Å²) in [7, 11) is 3.17. The molecular weight excluding hydrogens is 388 g/mol. The zero-order valence-electron chi connectivity index (χ0n) is 18.1. The molecule has 1 aromatic rings. The first-order valence-electron chi connectivity index (χ1n) is 10.1. The molecule has 0 radical (unpaired) electrons. The summed E-state index contributed by atoms with van der Waals surface area (Å²) < 4.78 is 10.7. The zero-order valence-corrected chi connectivity index (χ0v) is 18.9. The minimum absolute atomic E-state index is 0.00154. The van der Waals surface area contributed by atoms with Crippen molar-refractivity contribution >= 4 is 23.6 Å². The molecule has 0 bridgehead atoms. The number of benzene rings is 1. The molecule has 2 aliphatic rings. The van der Waals surface area contributed by atoms with Crippen molar-refractivity contribution in [2.75, 3.05) is 39.6 Å². The highest BCUT2D eigenvalue weighted by atomic mass is 32.2. The Morgan fingerprint density at radius 3 is 2.14 bits per heavy atom. The molecule has 160 valence electrons. The van der Waals surface area contributed by atoms with Crippen LogP contribution >= 0.6 is 11.8 Å². The van der Waals surface area contributed by atoms with Crippen molar-refractivity contribution in [2.24, 2.45) is 5.41 Å². The van der Waals surface area contributed by atoms with E-state index in [4.69, 9.17) is 9.47 Å². The number of methoxy groups -OCH3 is 2. The van der Waals surface area contributed by atoms with Gasteiger partial charge in [-0.25, -0.2) is 0 Å². The van der Waals surface area contributed by atoms with Crippen LogP contribution in [0.15, 0.2) is 18.2 Å². The van der Waals surface area contributed by atoms with Gasteiger partial charge < -0.3 is 19.3 Å². The molecule has 3 rings (SSSR count). The van der Waals surface area contributed by atoms with Crippen molar-refractivity contribution in [3.05, 3.63) is 23.8 Å². The Labute approximate surface area is 177 Å². The molecule has 2 fully saturated rings. The number of piperidine rings is 1. The average Bonchev–Trinajstić information content (AvgIpc) is 3.08. The first-order chi connectivity index (χ1) is 13.7. The normalized spacial score (nSPS) is 18.8. The van der Waals surface area contributed by atoms with Crippen LogP contribution in [0.3, 0.4) is 0 Å². The van der Waals surface area contributed by atoms with Crippen LogP contribution in [0.4, 0.5) is 0 Å². The van der Waals surface area contributed by atoms with Gasteiger partial charge in [0.2, 0.25) is 5.91 Å². The Balaban J connectivity index is 1.74. The van der Waals surface area contributed by atoms with E-state index in [0.717, 1.165) is 25.1 Å². The molecular formula is C22H32N2O4S. The highest BCUT2D eigenvalue weighted by Crippen LogP contribution is 2.45. The SMILES string of the molecule is COc1cc(OC)cc(C(=O)N2CCSC23CCN(C(=O)CC(C)(C)C)CC3)c1. The average molecular weight is 421 g/mol. The number of carbonyl (C=O) groups excluding carboxylic acids is 2. The summed E-state index contributed by atoms with van der Waals surface area (Å²) in [5, 5.41) is 0. The second-order valence-electron chi connectivity index (χ2n) is 8.97. The predicted molar refractivity (Wildman–Crippen MR) is 116 cm³/mol. The van der Waals surface area contributed by atoms with Crippen molar-refractivity contribution in [3.63, 3.8) is 0 Å². The van der Waals surface area contributed by atoms with Crippen molar-refractivity contribution in [2.45, 2.75) is 44.9 Å². The van der Waals surface area contributed by atoms with Gasteiger partial charge in [0.25, 0.3) is 5.91 Å². The number of thioether (sulfide) groups is 1. The van der Waals surface area contributed by atoms with Gasteiger partial charge in [-0.3, -0.25) is 9.59 Å². The van der Waals surface area contributed by atoms with Gasteiger partial charge in [0.1, 0.15) is 11.5 Å². The maximum absolute atomic E-state index is 13.4. The number of amides is 2. The Kier molecular flexibility index (Phi) is 6.36. The van der Waals surface area contributed by atoms with Gasteiger partial charge in [-0.1, -0.05) is 20.8 Å². The molecule has 6 nitrogen and oxygen atoms in total. The van der Waals surface area contributed by atoms with Crippen molar-refractivity contribution in [3.8, 4) is 11.5 Å². The molecule has 2 saturated heterocycles. The van der Waals surface area contributed by atoms with Crippen LogP contribution in [0.25, 0.3) is 0 Å². The first-order valence-corrected chi connectivity index (χ1v) is 11.1. The third kappa shape index (κ3) is 4.82. The lowest BCUT2D eigenvalue weighted by Gasteiger charge is -2.44. The van der Waals surface area contributed by atoms with Crippen molar-refractivity contribution < 1.29 is 19.1 Å². The van der Waals surface area contributed by atoms with Gasteiger partial charge in [0.15, 0.2) is 0 Å². The molecule has 2 aliphatic heterocycles. The number of hydrogen-bond donors (Lipinski definition) is 0. The van der Waals surface area contributed by atoms with Gasteiger partial charge in [0.05, 0.1) is 19.1 Å². The van der Waals surface area contributed by atoms with Crippen LogP contribution in [-0.4, -0.2) is 66.1 Å². The summed E-state index contributed by atoms with van der Waals surface area (Å²) in [6.45, 7) is 8.39. The standard InChI is InChI=1S/C22H32N2O4S/c1-21(2,3)15-19(25)23-8-6-22(7-9-23)24(10-11-29-22)20(26)16-12-17(27-4)14-18(13-16)28-5/h12-14H,6-11,15H2,1-5H3. The summed E-state index contributed by atoms with van der Waals surface area (Å²) in [4.78, 5) is 29.7. The maximum atomic E-state index is 13.4. The van der Waals surface area contributed by atoms with Gasteiger partial charge >= 0.3 is 0 Å². The Morgan fingerprint density at radius 1 is 1.03 bits per heavy atom. The van der Waals surface area contributed by atoms with Crippen LogP contribution in [0.5, 0.6) is 11.5 Å². The fourth-order valence-electron chi connectivity index (χ4n) is 4.07. The van der Waals surface area contributed by atoms with Crippen LogP contribution in [0, 0.1) is 5.41 Å². The number of nitrogens with zero attached hydrogens (tertiary/aromatic N) is 2. The molecule has 1 spiro atoms. The highest BCUT2D eigenvalue weighted by molar-refractivity contribution is 8.00. The van der Waals surface area contributed by atoms with Gasteiger partial charge in [-0.05, 0) is 30.4 Å². The highest BCUT2D eigenvalue weighted by Gasteiger charge is 2.47. The maximum Gasteiger partial charge on any atom is 0.255 e. The lowest BCUT2D eigenvalue weighted by atomic mass is 9.91. The minimum Gasteiger partial charge on any atom is -0.497 e. The van der Waals surface area contributed by atoms with E-state index in [1.165, 1.54) is 0 Å². The van der Waals surface area contributed by atoms with Crippen molar-refractivity contribution in [1.29, 1.82) is 0 Å². The van der Waals surface area contributed by atoms with E-state index in [0.29, 0.717) is 36.6 Å². The summed E-state index contributed by atoms with van der Waals surface area (Å²) in [5.41, 5.74) is 0.566. The van der Waals surface area contributed by atoms with E-state index in [9.17, 15) is 9.59 Å². The molecule has 0 saturated carbocycles. The molecule has 0 atom stereocenters. The Hall–Kier alpha value is -1.89. The summed E-state index contributed by atoms with van der Waals surface area (Å²) in [6, 6.07) is 5.30. The summed E-state index contributed by atoms with van der Waals surface area (Å²) >= 11 is 1.85. The first kappa shape index (κ1) is 21.8. The zero-order chi connectivity index (χ0) is 21.2. The van der Waals surface area contributed by atoms with Gasteiger partial charge in [-0.15, -0.1) is 11.8 Å². The smallest absolute Gasteiger partial charge is 0.255 e. The third-order valence-electron chi connectivity index (χ3n) is 5.60. The lowest BCUT2D eigenvalue weighted by Crippen LogP contribution is -2.53. The van der Waals surface area contributed by atoms with Gasteiger partial charge in [0, 0.05) is 43.4 Å². The molecule has 0 unspecified atom stereocenters. The van der Waals surface area contributed by atoms with E-state index in [-0.39, 0.29) is 22.1 Å². The number of likely N-dealkylation sites (tertiary alicyclic amines) is 1. The summed E-state index contributed by atoms with van der Waals surface area (Å²) in [5.74, 6) is 2.35. The molecule has 7 heteroatoms. The molecule has 29 heavy (non-hydrogen) atoms. The fourth-order valence-corrected chi connectivity index (χ4v) is 5.52. The second kappa shape index (κ2) is 8.46. The van der Waals surface area contributed by atoms with E-state index >= 15 is 0 Å². The Morgan fingerprint density at radius 2 is 1.62 bits per heavy atom. The number of ether oxygens (including phenoxy) is 2. The van der Waals surface area contributed by atoms with Gasteiger partial charge in [-0.2, -0.15) is 0 Å². The quantitative estimate of drug-likeness (QED) is 0.744. The lowest BCUT2D eigenvalue weighted by molar-refractivity contribution is -0.134. The van der Waals surface area contributed by atoms with Crippen LogP contribution in [-0.2, 0) is 4.79 Å². The monoisotopic (exact) mass is 420 g/mol. The molecule has 2 amide bonds. The topological polar surface area (TPSA) is 59.1 Å². The third-order valence-corrected chi connectivity index (χ3v) is 7.15. The van der Waals surface area contributed by atoms with Crippen LogP contribution < -0.4 is 9.47 Å². The fraction of sp³-hybridized carbons (Fsp3) is 0.636. The molecule has 1 aromatic carbocycles. The Bertz CT molecular complexity index is 744. The van der Waals surface area contributed by atoms with Crippen LogP contribution in [0.1, 0.15) is 50.4 Å². The van der Waals surface area contributed by atoms with E-state index in [2.05, 4.69) is 20.8 Å². The van der Waals surface area contributed by atoms with E-state index < -0.39 is 0 Å². The molecule has 0 aliphatic carbocycles. The number of carbonyl (C=O) groups is 2. The molecule has 0 aromatic heterocycles. The van der Waals surface area contributed by atoms with Crippen LogP contribution in [0.2, 0.25) is 0 Å². The minimum atomic E-state index is -0.230. The van der Waals surface area contributed by atoms with Crippen molar-refractivity contribution in [1.82, 2.24) is 9.80 Å². The number of hydrogen-bond acceptors (Lipinski definition) is 5. The molecule has 0 N–H and O–H groups in total. The molecule has 2 heterocycles. The van der Waals surface area contributed by atoms with E-state index in [1.807, 2.05) is 21.6 Å².